The number of ether oxygens (including phenoxy) is 1. The summed E-state index contributed by atoms with van der Waals surface area (Å²) in [4.78, 5) is 45.5. The highest BCUT2D eigenvalue weighted by Gasteiger charge is 2.16. The largest absolute Gasteiger partial charge is 0.468 e. The van der Waals surface area contributed by atoms with Gasteiger partial charge in [-0.25, -0.2) is 0 Å². The van der Waals surface area contributed by atoms with Crippen LogP contribution in [0.25, 0.3) is 0 Å². The van der Waals surface area contributed by atoms with Crippen molar-refractivity contribution >= 4 is 51.7 Å². The molecule has 0 saturated heterocycles. The minimum absolute atomic E-state index is 0.0635. The summed E-state index contributed by atoms with van der Waals surface area (Å²) in [5, 5.41) is 16.0. The van der Waals surface area contributed by atoms with Gasteiger partial charge in [-0.1, -0.05) is 12.1 Å². The number of rotatable bonds is 7. The van der Waals surface area contributed by atoms with E-state index in [-0.39, 0.29) is 30.1 Å². The van der Waals surface area contributed by atoms with Gasteiger partial charge in [0.05, 0.1) is 24.0 Å². The van der Waals surface area contributed by atoms with Crippen LogP contribution in [0.5, 0.6) is 0 Å². The van der Waals surface area contributed by atoms with Crippen LogP contribution in [0.2, 0.25) is 0 Å². The molecule has 0 fully saturated rings. The predicted octanol–water partition coefficient (Wildman–Crippen LogP) is 2.28. The van der Waals surface area contributed by atoms with Crippen LogP contribution >= 0.6 is 22.6 Å². The lowest BCUT2D eigenvalue weighted by molar-refractivity contribution is -0.384. The van der Waals surface area contributed by atoms with Crippen molar-refractivity contribution in [1.82, 2.24) is 5.32 Å². The molecule has 9 nitrogen and oxygen atoms in total. The second kappa shape index (κ2) is 9.78. The Hall–Kier alpha value is -3.02. The summed E-state index contributed by atoms with van der Waals surface area (Å²) >= 11 is 1.93. The summed E-state index contributed by atoms with van der Waals surface area (Å²) in [5.41, 5.74) is 1.19. The van der Waals surface area contributed by atoms with Gasteiger partial charge in [0.15, 0.2) is 0 Å². The third kappa shape index (κ3) is 6.01. The van der Waals surface area contributed by atoms with Gasteiger partial charge in [0.1, 0.15) is 6.54 Å². The fourth-order valence-electron chi connectivity index (χ4n) is 2.20. The standard InChI is InChI=1S/C18H16IN3O6/c1-28-17(24)10-20-16(23)8-11-2-4-12(5-3-11)21-18(25)14-9-13(22(26)27)6-7-15(14)19/h2-7,9H,8,10H2,1H3,(H,20,23)(H,21,25). The van der Waals surface area contributed by atoms with Crippen LogP contribution in [0.3, 0.4) is 0 Å². The van der Waals surface area contributed by atoms with Gasteiger partial charge in [-0.3, -0.25) is 24.5 Å². The van der Waals surface area contributed by atoms with Crippen LogP contribution < -0.4 is 10.6 Å². The first-order chi connectivity index (χ1) is 13.3. The second-order valence-corrected chi connectivity index (χ2v) is 6.76. The maximum Gasteiger partial charge on any atom is 0.325 e. The van der Waals surface area contributed by atoms with Gasteiger partial charge in [-0.05, 0) is 46.4 Å². The van der Waals surface area contributed by atoms with E-state index in [1.807, 2.05) is 22.6 Å². The monoisotopic (exact) mass is 497 g/mol. The molecule has 0 aliphatic heterocycles. The molecule has 28 heavy (non-hydrogen) atoms. The maximum absolute atomic E-state index is 12.4. The quantitative estimate of drug-likeness (QED) is 0.262. The summed E-state index contributed by atoms with van der Waals surface area (Å²) < 4.78 is 5.02. The van der Waals surface area contributed by atoms with Gasteiger partial charge < -0.3 is 15.4 Å². The molecule has 0 unspecified atom stereocenters. The molecule has 0 aliphatic carbocycles. The number of hydrogen-bond acceptors (Lipinski definition) is 6. The SMILES string of the molecule is COC(=O)CNC(=O)Cc1ccc(NC(=O)c2cc([N+](=O)[O-])ccc2I)cc1. The normalized spacial score (nSPS) is 10.1. The van der Waals surface area contributed by atoms with Crippen molar-refractivity contribution in [3.63, 3.8) is 0 Å². The molecule has 0 aromatic heterocycles. The number of carbonyl (C=O) groups excluding carboxylic acids is 3. The molecule has 2 aromatic carbocycles. The predicted molar refractivity (Wildman–Crippen MR) is 109 cm³/mol. The Bertz CT molecular complexity index is 914. The highest BCUT2D eigenvalue weighted by atomic mass is 127. The number of amides is 2. The Balaban J connectivity index is 1.99. The summed E-state index contributed by atoms with van der Waals surface area (Å²) in [6.45, 7) is -0.203. The van der Waals surface area contributed by atoms with E-state index in [9.17, 15) is 24.5 Å². The fourth-order valence-corrected chi connectivity index (χ4v) is 2.78. The first kappa shape index (κ1) is 21.3. The molecule has 0 radical (unpaired) electrons. The van der Waals surface area contributed by atoms with E-state index < -0.39 is 16.8 Å². The summed E-state index contributed by atoms with van der Waals surface area (Å²) in [6, 6.07) is 10.6. The number of methoxy groups -OCH3 is 1. The number of nitro benzene ring substituents is 1. The van der Waals surface area contributed by atoms with Crippen LogP contribution in [0.1, 0.15) is 15.9 Å². The van der Waals surface area contributed by atoms with E-state index in [0.717, 1.165) is 0 Å². The number of nitro groups is 1. The third-order valence-corrected chi connectivity index (χ3v) is 4.58. The van der Waals surface area contributed by atoms with Crippen molar-refractivity contribution in [2.75, 3.05) is 19.0 Å². The molecule has 0 bridgehead atoms. The topological polar surface area (TPSA) is 128 Å². The number of nitrogens with one attached hydrogen (secondary N) is 2. The zero-order chi connectivity index (χ0) is 20.7. The lowest BCUT2D eigenvalue weighted by Gasteiger charge is -2.08. The smallest absolute Gasteiger partial charge is 0.325 e. The molecule has 0 heterocycles. The lowest BCUT2D eigenvalue weighted by Crippen LogP contribution is -2.31. The maximum atomic E-state index is 12.4. The highest BCUT2D eigenvalue weighted by Crippen LogP contribution is 2.21. The van der Waals surface area contributed by atoms with Crippen molar-refractivity contribution in [1.29, 1.82) is 0 Å². The van der Waals surface area contributed by atoms with E-state index in [1.54, 1.807) is 24.3 Å². The van der Waals surface area contributed by atoms with E-state index in [4.69, 9.17) is 0 Å². The van der Waals surface area contributed by atoms with Crippen LogP contribution in [0, 0.1) is 13.7 Å². The Labute approximate surface area is 173 Å². The molecule has 10 heteroatoms. The number of hydrogen-bond donors (Lipinski definition) is 2. The number of benzene rings is 2. The molecular formula is C18H16IN3O6. The van der Waals surface area contributed by atoms with Crippen LogP contribution in [0.15, 0.2) is 42.5 Å². The average molecular weight is 497 g/mol. The first-order valence-electron chi connectivity index (χ1n) is 7.98. The van der Waals surface area contributed by atoms with Crippen molar-refractivity contribution in [2.45, 2.75) is 6.42 Å². The molecule has 146 valence electrons. The summed E-state index contributed by atoms with van der Waals surface area (Å²) in [5.74, 6) is -1.35. The second-order valence-electron chi connectivity index (χ2n) is 5.60. The molecular weight excluding hydrogens is 481 g/mol. The summed E-state index contributed by atoms with van der Waals surface area (Å²) in [6.07, 6.45) is 0.0635. The van der Waals surface area contributed by atoms with Crippen molar-refractivity contribution < 1.29 is 24.0 Å². The summed E-state index contributed by atoms with van der Waals surface area (Å²) in [7, 11) is 1.23. The van der Waals surface area contributed by atoms with Gasteiger partial charge in [0.2, 0.25) is 5.91 Å². The Morgan fingerprint density at radius 2 is 1.82 bits per heavy atom. The number of nitrogens with zero attached hydrogens (tertiary/aromatic N) is 1. The fraction of sp³-hybridized carbons (Fsp3) is 0.167. The zero-order valence-electron chi connectivity index (χ0n) is 14.7. The molecule has 2 aromatic rings. The minimum atomic E-state index is -0.563. The number of carbonyl (C=O) groups is 3. The number of anilines is 1. The van der Waals surface area contributed by atoms with Crippen LogP contribution in [0.4, 0.5) is 11.4 Å². The number of halogens is 1. The van der Waals surface area contributed by atoms with Gasteiger partial charge in [0, 0.05) is 21.4 Å². The molecule has 0 spiro atoms. The number of non-ortho nitro benzene ring substituents is 1. The molecule has 2 N–H and O–H groups in total. The van der Waals surface area contributed by atoms with Crippen molar-refractivity contribution in [3.8, 4) is 0 Å². The van der Waals surface area contributed by atoms with Crippen LogP contribution in [-0.2, 0) is 20.7 Å². The molecule has 0 aliphatic rings. The number of esters is 1. The highest BCUT2D eigenvalue weighted by molar-refractivity contribution is 14.1. The average Bonchev–Trinajstić information content (AvgIpc) is 2.67. The van der Waals surface area contributed by atoms with Crippen molar-refractivity contribution in [2.24, 2.45) is 0 Å². The van der Waals surface area contributed by atoms with E-state index in [0.29, 0.717) is 14.8 Å². The van der Waals surface area contributed by atoms with Gasteiger partial charge in [0.25, 0.3) is 11.6 Å². The Morgan fingerprint density at radius 3 is 2.43 bits per heavy atom. The van der Waals surface area contributed by atoms with Gasteiger partial charge in [-0.15, -0.1) is 0 Å². The third-order valence-electron chi connectivity index (χ3n) is 3.64. The lowest BCUT2D eigenvalue weighted by atomic mass is 10.1. The first-order valence-corrected chi connectivity index (χ1v) is 9.05. The van der Waals surface area contributed by atoms with Crippen molar-refractivity contribution in [3.05, 3.63) is 67.3 Å². The van der Waals surface area contributed by atoms with Crippen LogP contribution in [-0.4, -0.2) is 36.4 Å². The zero-order valence-corrected chi connectivity index (χ0v) is 16.9. The van der Waals surface area contributed by atoms with E-state index in [2.05, 4.69) is 15.4 Å². The van der Waals surface area contributed by atoms with E-state index in [1.165, 1.54) is 25.3 Å². The Kier molecular flexibility index (Phi) is 7.44. The Morgan fingerprint density at radius 1 is 1.14 bits per heavy atom. The molecule has 2 rings (SSSR count). The minimum Gasteiger partial charge on any atom is -0.468 e. The molecule has 0 atom stereocenters. The van der Waals surface area contributed by atoms with Gasteiger partial charge >= 0.3 is 5.97 Å². The molecule has 2 amide bonds. The molecule has 0 saturated carbocycles. The van der Waals surface area contributed by atoms with E-state index >= 15 is 0 Å². The van der Waals surface area contributed by atoms with Gasteiger partial charge in [-0.2, -0.15) is 0 Å².